The maximum Gasteiger partial charge on any atom is 0.313 e. The highest BCUT2D eigenvalue weighted by Gasteiger charge is 2.14. The van der Waals surface area contributed by atoms with Crippen LogP contribution in [0, 0.1) is 0 Å². The van der Waals surface area contributed by atoms with Gasteiger partial charge in [0, 0.05) is 19.2 Å². The molecule has 3 rings (SSSR count). The van der Waals surface area contributed by atoms with Crippen molar-refractivity contribution in [2.45, 2.75) is 18.1 Å². The molecule has 8 nitrogen and oxygen atoms in total. The first-order chi connectivity index (χ1) is 10.2. The fourth-order valence-corrected chi connectivity index (χ4v) is 2.64. The van der Waals surface area contributed by atoms with Crippen LogP contribution in [0.3, 0.4) is 0 Å². The lowest BCUT2D eigenvalue weighted by Gasteiger charge is -2.05. The number of carbonyl (C=O) groups is 1. The Hall–Kier alpha value is -2.42. The van der Waals surface area contributed by atoms with Gasteiger partial charge in [-0.15, -0.1) is 0 Å². The molecular formula is C12H11N5O3S. The number of aromatic nitrogens is 5. The average molecular weight is 305 g/mol. The van der Waals surface area contributed by atoms with Gasteiger partial charge in [0.1, 0.15) is 5.52 Å². The SMILES string of the molecule is O=C(O)CSc1nc2cccnc2n1CCc1ncon1. The standard InChI is InChI=1S/C12H11N5O3S/c18-10(19)6-21-12-15-8-2-1-4-13-11(8)17(12)5-3-9-14-7-20-16-9/h1-2,4,7H,3,5-6H2,(H,18,19). The van der Waals surface area contributed by atoms with Crippen molar-refractivity contribution in [3.05, 3.63) is 30.5 Å². The number of hydrogen-bond acceptors (Lipinski definition) is 7. The van der Waals surface area contributed by atoms with E-state index in [0.717, 1.165) is 5.52 Å². The number of carboxylic acids is 1. The van der Waals surface area contributed by atoms with E-state index in [0.29, 0.717) is 29.6 Å². The molecule has 0 saturated heterocycles. The van der Waals surface area contributed by atoms with Crippen LogP contribution in [0.4, 0.5) is 0 Å². The Kier molecular flexibility index (Phi) is 3.82. The average Bonchev–Trinajstić information content (AvgIpc) is 3.10. The van der Waals surface area contributed by atoms with Gasteiger partial charge in [0.2, 0.25) is 6.39 Å². The van der Waals surface area contributed by atoms with Crippen LogP contribution in [0.25, 0.3) is 11.2 Å². The van der Waals surface area contributed by atoms with Crippen LogP contribution >= 0.6 is 11.8 Å². The first-order valence-corrected chi connectivity index (χ1v) is 7.13. The molecule has 0 aliphatic rings. The summed E-state index contributed by atoms with van der Waals surface area (Å²) in [5, 5.41) is 13.2. The van der Waals surface area contributed by atoms with Crippen molar-refractivity contribution in [1.82, 2.24) is 24.7 Å². The second-order valence-electron chi connectivity index (χ2n) is 4.17. The van der Waals surface area contributed by atoms with E-state index in [1.807, 2.05) is 10.6 Å². The van der Waals surface area contributed by atoms with Crippen LogP contribution in [0.2, 0.25) is 0 Å². The van der Waals surface area contributed by atoms with Gasteiger partial charge in [0.05, 0.1) is 5.75 Å². The maximum atomic E-state index is 10.7. The van der Waals surface area contributed by atoms with E-state index in [4.69, 9.17) is 9.63 Å². The minimum atomic E-state index is -0.885. The summed E-state index contributed by atoms with van der Waals surface area (Å²) in [7, 11) is 0. The molecule has 0 unspecified atom stereocenters. The maximum absolute atomic E-state index is 10.7. The number of imidazole rings is 1. The van der Waals surface area contributed by atoms with Crippen molar-refractivity contribution in [3.8, 4) is 0 Å². The van der Waals surface area contributed by atoms with E-state index in [1.165, 1.54) is 18.2 Å². The van der Waals surface area contributed by atoms with Crippen molar-refractivity contribution >= 4 is 28.9 Å². The Balaban J connectivity index is 1.89. The molecule has 0 amide bonds. The smallest absolute Gasteiger partial charge is 0.313 e. The Morgan fingerprint density at radius 2 is 2.33 bits per heavy atom. The molecule has 0 fully saturated rings. The molecule has 9 heteroatoms. The third-order valence-electron chi connectivity index (χ3n) is 2.76. The number of rotatable bonds is 6. The number of fused-ring (bicyclic) bond motifs is 1. The zero-order chi connectivity index (χ0) is 14.7. The zero-order valence-corrected chi connectivity index (χ0v) is 11.7. The molecular weight excluding hydrogens is 294 g/mol. The summed E-state index contributed by atoms with van der Waals surface area (Å²) in [5.41, 5.74) is 1.45. The predicted molar refractivity (Wildman–Crippen MR) is 73.9 cm³/mol. The molecule has 0 aliphatic carbocycles. The lowest BCUT2D eigenvalue weighted by Crippen LogP contribution is -2.06. The van der Waals surface area contributed by atoms with Crippen molar-refractivity contribution in [2.75, 3.05) is 5.75 Å². The molecule has 0 radical (unpaired) electrons. The van der Waals surface area contributed by atoms with E-state index in [1.54, 1.807) is 12.3 Å². The summed E-state index contributed by atoms with van der Waals surface area (Å²) in [4.78, 5) is 23.4. The quantitative estimate of drug-likeness (QED) is 0.678. The lowest BCUT2D eigenvalue weighted by atomic mass is 10.4. The normalized spacial score (nSPS) is 11.0. The van der Waals surface area contributed by atoms with Crippen molar-refractivity contribution in [3.63, 3.8) is 0 Å². The topological polar surface area (TPSA) is 107 Å². The van der Waals surface area contributed by atoms with Gasteiger partial charge in [-0.3, -0.25) is 4.79 Å². The Labute approximate surface area is 123 Å². The summed E-state index contributed by atoms with van der Waals surface area (Å²) < 4.78 is 6.57. The second-order valence-corrected chi connectivity index (χ2v) is 5.11. The number of carboxylic acid groups (broad SMARTS) is 1. The summed E-state index contributed by atoms with van der Waals surface area (Å²) in [6.45, 7) is 0.551. The van der Waals surface area contributed by atoms with Gasteiger partial charge in [-0.2, -0.15) is 4.98 Å². The first-order valence-electron chi connectivity index (χ1n) is 6.15. The fourth-order valence-electron chi connectivity index (χ4n) is 1.89. The van der Waals surface area contributed by atoms with Crippen LogP contribution in [-0.2, 0) is 17.8 Å². The van der Waals surface area contributed by atoms with Gasteiger partial charge in [-0.1, -0.05) is 16.9 Å². The van der Waals surface area contributed by atoms with Crippen LogP contribution in [0.1, 0.15) is 5.82 Å². The number of hydrogen-bond donors (Lipinski definition) is 1. The molecule has 0 saturated carbocycles. The number of aliphatic carboxylic acids is 1. The minimum absolute atomic E-state index is 0.0501. The Morgan fingerprint density at radius 1 is 1.43 bits per heavy atom. The highest BCUT2D eigenvalue weighted by molar-refractivity contribution is 7.99. The Bertz CT molecular complexity index is 755. The van der Waals surface area contributed by atoms with Gasteiger partial charge in [-0.05, 0) is 12.1 Å². The van der Waals surface area contributed by atoms with Crippen LogP contribution in [0.5, 0.6) is 0 Å². The van der Waals surface area contributed by atoms with Crippen LogP contribution in [0.15, 0.2) is 34.4 Å². The molecule has 3 aromatic rings. The molecule has 1 N–H and O–H groups in total. The Morgan fingerprint density at radius 3 is 3.10 bits per heavy atom. The van der Waals surface area contributed by atoms with E-state index in [9.17, 15) is 4.79 Å². The van der Waals surface area contributed by atoms with E-state index < -0.39 is 5.97 Å². The second kappa shape index (κ2) is 5.92. The number of pyridine rings is 1. The van der Waals surface area contributed by atoms with E-state index >= 15 is 0 Å². The number of thioether (sulfide) groups is 1. The van der Waals surface area contributed by atoms with Gasteiger partial charge >= 0.3 is 5.97 Å². The molecule has 21 heavy (non-hydrogen) atoms. The predicted octanol–water partition coefficient (Wildman–Crippen LogP) is 1.23. The zero-order valence-electron chi connectivity index (χ0n) is 10.8. The fraction of sp³-hybridized carbons (Fsp3) is 0.250. The van der Waals surface area contributed by atoms with Crippen LogP contribution < -0.4 is 0 Å². The van der Waals surface area contributed by atoms with Gasteiger partial charge in [-0.25, -0.2) is 9.97 Å². The van der Waals surface area contributed by atoms with Crippen molar-refractivity contribution in [2.24, 2.45) is 0 Å². The van der Waals surface area contributed by atoms with Crippen molar-refractivity contribution in [1.29, 1.82) is 0 Å². The monoisotopic (exact) mass is 305 g/mol. The lowest BCUT2D eigenvalue weighted by molar-refractivity contribution is -0.133. The van der Waals surface area contributed by atoms with Crippen LogP contribution in [-0.4, -0.2) is 41.5 Å². The molecule has 0 aliphatic heterocycles. The van der Waals surface area contributed by atoms with E-state index in [2.05, 4.69) is 20.1 Å². The van der Waals surface area contributed by atoms with E-state index in [-0.39, 0.29) is 5.75 Å². The summed E-state index contributed by atoms with van der Waals surface area (Å²) in [5.74, 6) is -0.349. The first kappa shape index (κ1) is 13.6. The largest absolute Gasteiger partial charge is 0.481 e. The third-order valence-corrected chi connectivity index (χ3v) is 3.72. The highest BCUT2D eigenvalue weighted by atomic mass is 32.2. The number of aryl methyl sites for hydroxylation is 2. The molecule has 0 atom stereocenters. The summed E-state index contributed by atoms with van der Waals surface area (Å²) >= 11 is 1.17. The van der Waals surface area contributed by atoms with Crippen molar-refractivity contribution < 1.29 is 14.4 Å². The molecule has 0 spiro atoms. The third kappa shape index (κ3) is 3.02. The minimum Gasteiger partial charge on any atom is -0.481 e. The van der Waals surface area contributed by atoms with Gasteiger partial charge in [0.15, 0.2) is 16.6 Å². The number of nitrogens with zero attached hydrogens (tertiary/aromatic N) is 5. The summed E-state index contributed by atoms with van der Waals surface area (Å²) in [6.07, 6.45) is 3.51. The highest BCUT2D eigenvalue weighted by Crippen LogP contribution is 2.22. The molecule has 108 valence electrons. The molecule has 3 heterocycles. The van der Waals surface area contributed by atoms with Gasteiger partial charge in [0.25, 0.3) is 0 Å². The molecule has 0 aromatic carbocycles. The summed E-state index contributed by atoms with van der Waals surface area (Å²) in [6, 6.07) is 3.64. The molecule has 0 bridgehead atoms. The molecule has 3 aromatic heterocycles. The van der Waals surface area contributed by atoms with Gasteiger partial charge < -0.3 is 14.2 Å².